The molecule has 0 radical (unpaired) electrons. The first kappa shape index (κ1) is 16.6. The second kappa shape index (κ2) is 7.00. The quantitative estimate of drug-likeness (QED) is 0.854. The summed E-state index contributed by atoms with van der Waals surface area (Å²) in [5.41, 5.74) is 1.13. The smallest absolute Gasteiger partial charge is 0.175 e. The standard InChI is InChI=1S/C16H18FNO3S/c1-22(20,21)14-8-6-12(7-9-14)16(19)11-18-10-13-4-2-3-5-15(13)17/h2-9,16,18-19H,10-11H2,1H3/t16-/m0/s1. The molecule has 6 heteroatoms. The van der Waals surface area contributed by atoms with Crippen molar-refractivity contribution in [2.75, 3.05) is 12.8 Å². The average Bonchev–Trinajstić information content (AvgIpc) is 2.48. The lowest BCUT2D eigenvalue weighted by Gasteiger charge is -2.13. The van der Waals surface area contributed by atoms with Gasteiger partial charge in [0.25, 0.3) is 0 Å². The van der Waals surface area contributed by atoms with Gasteiger partial charge in [0.05, 0.1) is 11.0 Å². The van der Waals surface area contributed by atoms with Crippen LogP contribution in [-0.2, 0) is 16.4 Å². The zero-order valence-corrected chi connectivity index (χ0v) is 13.0. The first-order valence-corrected chi connectivity index (χ1v) is 8.69. The molecule has 0 unspecified atom stereocenters. The van der Waals surface area contributed by atoms with Gasteiger partial charge in [0.1, 0.15) is 5.82 Å². The van der Waals surface area contributed by atoms with Crippen molar-refractivity contribution >= 4 is 9.84 Å². The lowest BCUT2D eigenvalue weighted by atomic mass is 10.1. The fourth-order valence-corrected chi connectivity index (χ4v) is 2.67. The van der Waals surface area contributed by atoms with Gasteiger partial charge < -0.3 is 10.4 Å². The van der Waals surface area contributed by atoms with E-state index in [2.05, 4.69) is 5.32 Å². The van der Waals surface area contributed by atoms with Crippen LogP contribution in [0.1, 0.15) is 17.2 Å². The summed E-state index contributed by atoms with van der Waals surface area (Å²) in [4.78, 5) is 0.211. The summed E-state index contributed by atoms with van der Waals surface area (Å²) in [5, 5.41) is 13.0. The minimum atomic E-state index is -3.24. The summed E-state index contributed by atoms with van der Waals surface area (Å²) in [6, 6.07) is 12.5. The van der Waals surface area contributed by atoms with E-state index < -0.39 is 15.9 Å². The number of aliphatic hydroxyl groups excluding tert-OH is 1. The molecular weight excluding hydrogens is 305 g/mol. The number of benzene rings is 2. The molecule has 0 aliphatic carbocycles. The van der Waals surface area contributed by atoms with Gasteiger partial charge in [0, 0.05) is 24.9 Å². The van der Waals surface area contributed by atoms with Gasteiger partial charge in [-0.25, -0.2) is 12.8 Å². The largest absolute Gasteiger partial charge is 0.387 e. The van der Waals surface area contributed by atoms with Gasteiger partial charge in [0.15, 0.2) is 9.84 Å². The molecular formula is C16H18FNO3S. The maximum atomic E-state index is 13.4. The maximum absolute atomic E-state index is 13.4. The van der Waals surface area contributed by atoms with E-state index in [1.54, 1.807) is 30.3 Å². The molecule has 0 fully saturated rings. The van der Waals surface area contributed by atoms with Crippen LogP contribution < -0.4 is 5.32 Å². The fraction of sp³-hybridized carbons (Fsp3) is 0.250. The Kier molecular flexibility index (Phi) is 5.28. The highest BCUT2D eigenvalue weighted by Crippen LogP contribution is 2.16. The topological polar surface area (TPSA) is 66.4 Å². The second-order valence-corrected chi connectivity index (χ2v) is 7.10. The van der Waals surface area contributed by atoms with Crippen LogP contribution in [0.15, 0.2) is 53.4 Å². The average molecular weight is 323 g/mol. The third kappa shape index (κ3) is 4.37. The highest BCUT2D eigenvalue weighted by molar-refractivity contribution is 7.90. The third-order valence-corrected chi connectivity index (χ3v) is 4.43. The number of hydrogen-bond acceptors (Lipinski definition) is 4. The molecule has 22 heavy (non-hydrogen) atoms. The van der Waals surface area contributed by atoms with Gasteiger partial charge in [-0.2, -0.15) is 0 Å². The van der Waals surface area contributed by atoms with Gasteiger partial charge in [-0.3, -0.25) is 0 Å². The molecule has 2 aromatic rings. The van der Waals surface area contributed by atoms with Crippen LogP contribution in [0.4, 0.5) is 4.39 Å². The van der Waals surface area contributed by atoms with Crippen molar-refractivity contribution in [2.24, 2.45) is 0 Å². The molecule has 0 aromatic heterocycles. The lowest BCUT2D eigenvalue weighted by molar-refractivity contribution is 0.174. The van der Waals surface area contributed by atoms with Gasteiger partial charge in [-0.15, -0.1) is 0 Å². The Labute approximate surface area is 129 Å². The van der Waals surface area contributed by atoms with Crippen molar-refractivity contribution < 1.29 is 17.9 Å². The van der Waals surface area contributed by atoms with Crippen molar-refractivity contribution in [3.8, 4) is 0 Å². The highest BCUT2D eigenvalue weighted by Gasteiger charge is 2.11. The SMILES string of the molecule is CS(=O)(=O)c1ccc([C@@H](O)CNCc2ccccc2F)cc1. The molecule has 0 saturated heterocycles. The molecule has 0 heterocycles. The van der Waals surface area contributed by atoms with Crippen molar-refractivity contribution in [3.63, 3.8) is 0 Å². The zero-order valence-electron chi connectivity index (χ0n) is 12.2. The van der Waals surface area contributed by atoms with Gasteiger partial charge in [0.2, 0.25) is 0 Å². The normalized spacial score (nSPS) is 13.0. The van der Waals surface area contributed by atoms with Crippen LogP contribution in [0.25, 0.3) is 0 Å². The van der Waals surface area contributed by atoms with Crippen LogP contribution in [0, 0.1) is 5.82 Å². The van der Waals surface area contributed by atoms with Crippen LogP contribution in [0.3, 0.4) is 0 Å². The van der Waals surface area contributed by atoms with Gasteiger partial charge >= 0.3 is 0 Å². The van der Waals surface area contributed by atoms with Crippen molar-refractivity contribution in [3.05, 3.63) is 65.5 Å². The van der Waals surface area contributed by atoms with Crippen LogP contribution >= 0.6 is 0 Å². The minimum Gasteiger partial charge on any atom is -0.387 e. The van der Waals surface area contributed by atoms with E-state index in [1.165, 1.54) is 18.2 Å². The minimum absolute atomic E-state index is 0.211. The van der Waals surface area contributed by atoms with Gasteiger partial charge in [-0.1, -0.05) is 30.3 Å². The zero-order chi connectivity index (χ0) is 16.2. The van der Waals surface area contributed by atoms with Crippen LogP contribution in [0.2, 0.25) is 0 Å². The number of rotatable bonds is 6. The van der Waals surface area contributed by atoms with E-state index in [0.29, 0.717) is 17.7 Å². The number of sulfone groups is 1. The van der Waals surface area contributed by atoms with E-state index in [-0.39, 0.29) is 17.3 Å². The van der Waals surface area contributed by atoms with E-state index in [4.69, 9.17) is 0 Å². The molecule has 0 amide bonds. The predicted molar refractivity (Wildman–Crippen MR) is 82.6 cm³/mol. The molecule has 2 N–H and O–H groups in total. The molecule has 0 aliphatic heterocycles. The summed E-state index contributed by atoms with van der Waals surface area (Å²) in [7, 11) is -3.24. The molecule has 0 aliphatic rings. The summed E-state index contributed by atoms with van der Waals surface area (Å²) in [5.74, 6) is -0.290. The Morgan fingerprint density at radius 2 is 1.77 bits per heavy atom. The monoisotopic (exact) mass is 323 g/mol. The summed E-state index contributed by atoms with van der Waals surface area (Å²) in [6.45, 7) is 0.553. The molecule has 0 bridgehead atoms. The Balaban J connectivity index is 1.92. The highest BCUT2D eigenvalue weighted by atomic mass is 32.2. The predicted octanol–water partition coefficient (Wildman–Crippen LogP) is 2.05. The first-order chi connectivity index (χ1) is 10.4. The lowest BCUT2D eigenvalue weighted by Crippen LogP contribution is -2.21. The van der Waals surface area contributed by atoms with Crippen LogP contribution in [0.5, 0.6) is 0 Å². The third-order valence-electron chi connectivity index (χ3n) is 3.30. The molecule has 2 rings (SSSR count). The summed E-state index contributed by atoms with van der Waals surface area (Å²) >= 11 is 0. The second-order valence-electron chi connectivity index (χ2n) is 5.08. The van der Waals surface area contributed by atoms with E-state index in [0.717, 1.165) is 6.26 Å². The number of aliphatic hydroxyl groups is 1. The number of hydrogen-bond donors (Lipinski definition) is 2. The van der Waals surface area contributed by atoms with Gasteiger partial charge in [-0.05, 0) is 23.8 Å². The summed E-state index contributed by atoms with van der Waals surface area (Å²) in [6.07, 6.45) is 0.342. The number of nitrogens with one attached hydrogen (secondary N) is 1. The van der Waals surface area contributed by atoms with Crippen molar-refractivity contribution in [2.45, 2.75) is 17.5 Å². The van der Waals surface area contributed by atoms with Crippen molar-refractivity contribution in [1.29, 1.82) is 0 Å². The van der Waals surface area contributed by atoms with Crippen molar-refractivity contribution in [1.82, 2.24) is 5.32 Å². The fourth-order valence-electron chi connectivity index (χ4n) is 2.04. The Bertz CT molecular complexity index is 729. The molecule has 118 valence electrons. The van der Waals surface area contributed by atoms with E-state index in [9.17, 15) is 17.9 Å². The molecule has 1 atom stereocenters. The molecule has 0 spiro atoms. The molecule has 2 aromatic carbocycles. The maximum Gasteiger partial charge on any atom is 0.175 e. The Morgan fingerprint density at radius 3 is 2.36 bits per heavy atom. The number of halogens is 1. The summed E-state index contributed by atoms with van der Waals surface area (Å²) < 4.78 is 36.2. The molecule has 4 nitrogen and oxygen atoms in total. The Hall–Kier alpha value is -1.76. The first-order valence-electron chi connectivity index (χ1n) is 6.80. The van der Waals surface area contributed by atoms with Crippen LogP contribution in [-0.4, -0.2) is 26.3 Å². The molecule has 0 saturated carbocycles. The Morgan fingerprint density at radius 1 is 1.14 bits per heavy atom. The van der Waals surface area contributed by atoms with E-state index >= 15 is 0 Å². The van der Waals surface area contributed by atoms with E-state index in [1.807, 2.05) is 0 Å².